The second kappa shape index (κ2) is 8.89. The quantitative estimate of drug-likeness (QED) is 0.351. The van der Waals surface area contributed by atoms with Gasteiger partial charge < -0.3 is 15.7 Å². The zero-order valence-corrected chi connectivity index (χ0v) is 18.9. The second-order valence-electron chi connectivity index (χ2n) is 5.77. The van der Waals surface area contributed by atoms with Crippen molar-refractivity contribution >= 4 is 71.0 Å². The fraction of sp³-hybridized carbons (Fsp3) is 0. The van der Waals surface area contributed by atoms with Crippen LogP contribution >= 0.6 is 47.8 Å². The van der Waals surface area contributed by atoms with Gasteiger partial charge in [-0.05, 0) is 60.7 Å². The molecule has 0 saturated heterocycles. The van der Waals surface area contributed by atoms with E-state index in [-0.39, 0.29) is 11.1 Å². The number of phenolic OH excluding ortho intramolecular Hbond substituents is 1. The Morgan fingerprint density at radius 1 is 0.643 bits per heavy atom. The van der Waals surface area contributed by atoms with Crippen LogP contribution in [-0.2, 0) is 0 Å². The van der Waals surface area contributed by atoms with E-state index in [1.807, 2.05) is 0 Å². The maximum Gasteiger partial charge on any atom is 0.259 e. The molecule has 28 heavy (non-hydrogen) atoms. The summed E-state index contributed by atoms with van der Waals surface area (Å²) in [5.41, 5.74) is 1.10. The number of anilines is 2. The SMILES string of the molecule is O=C(Nc1ccc(Br)cc1)c1cc(Br)cc(C(=O)Nc2ccc(Br)cc2)c1O. The van der Waals surface area contributed by atoms with Crippen LogP contribution in [0.15, 0.2) is 74.1 Å². The molecule has 0 bridgehead atoms. The molecule has 0 fully saturated rings. The molecule has 0 spiro atoms. The number of rotatable bonds is 4. The Balaban J connectivity index is 1.86. The highest BCUT2D eigenvalue weighted by atomic mass is 79.9. The minimum absolute atomic E-state index is 0.0155. The van der Waals surface area contributed by atoms with Gasteiger partial charge in [0.1, 0.15) is 5.75 Å². The number of nitrogens with one attached hydrogen (secondary N) is 2. The summed E-state index contributed by atoms with van der Waals surface area (Å²) in [6.45, 7) is 0. The molecule has 8 heteroatoms. The summed E-state index contributed by atoms with van der Waals surface area (Å²) in [6, 6.07) is 16.9. The molecule has 0 heterocycles. The second-order valence-corrected chi connectivity index (χ2v) is 8.52. The van der Waals surface area contributed by atoms with E-state index in [1.54, 1.807) is 48.5 Å². The van der Waals surface area contributed by atoms with E-state index in [4.69, 9.17) is 0 Å². The van der Waals surface area contributed by atoms with Gasteiger partial charge in [-0.15, -0.1) is 0 Å². The van der Waals surface area contributed by atoms with E-state index >= 15 is 0 Å². The lowest BCUT2D eigenvalue weighted by molar-refractivity contribution is 0.102. The number of carbonyl (C=O) groups excluding carboxylic acids is 2. The lowest BCUT2D eigenvalue weighted by Gasteiger charge is -2.12. The molecule has 142 valence electrons. The van der Waals surface area contributed by atoms with Gasteiger partial charge in [-0.3, -0.25) is 9.59 Å². The number of halogens is 3. The number of benzene rings is 3. The van der Waals surface area contributed by atoms with Crippen LogP contribution in [-0.4, -0.2) is 16.9 Å². The average Bonchev–Trinajstić information content (AvgIpc) is 2.66. The van der Waals surface area contributed by atoms with Crippen LogP contribution in [0.3, 0.4) is 0 Å². The molecular formula is C20H13Br3N2O3. The normalized spacial score (nSPS) is 10.4. The largest absolute Gasteiger partial charge is 0.506 e. The zero-order chi connectivity index (χ0) is 20.3. The molecule has 3 aromatic rings. The molecule has 0 aromatic heterocycles. The number of aromatic hydroxyl groups is 1. The maximum atomic E-state index is 12.6. The third-order valence-corrected chi connectivity index (χ3v) is 5.28. The predicted octanol–water partition coefficient (Wildman–Crippen LogP) is 6.18. The molecule has 0 aliphatic carbocycles. The molecule has 5 nitrogen and oxygen atoms in total. The first-order valence-electron chi connectivity index (χ1n) is 8.00. The number of hydrogen-bond donors (Lipinski definition) is 3. The third-order valence-electron chi connectivity index (χ3n) is 3.77. The smallest absolute Gasteiger partial charge is 0.259 e. The van der Waals surface area contributed by atoms with E-state index in [9.17, 15) is 14.7 Å². The summed E-state index contributed by atoms with van der Waals surface area (Å²) < 4.78 is 2.25. The van der Waals surface area contributed by atoms with Crippen LogP contribution in [0.1, 0.15) is 20.7 Å². The van der Waals surface area contributed by atoms with Gasteiger partial charge in [0.15, 0.2) is 0 Å². The predicted molar refractivity (Wildman–Crippen MR) is 120 cm³/mol. The minimum atomic E-state index is -0.529. The van der Waals surface area contributed by atoms with Crippen molar-refractivity contribution < 1.29 is 14.7 Å². The van der Waals surface area contributed by atoms with Crippen molar-refractivity contribution in [2.24, 2.45) is 0 Å². The lowest BCUT2D eigenvalue weighted by Crippen LogP contribution is -2.16. The van der Waals surface area contributed by atoms with Crippen LogP contribution in [0.4, 0.5) is 11.4 Å². The molecule has 2 amide bonds. The molecule has 0 unspecified atom stereocenters. The Bertz CT molecular complexity index is 955. The Hall–Kier alpha value is -2.16. The standard InChI is InChI=1S/C20H13Br3N2O3/c21-11-1-5-14(6-2-11)24-19(27)16-9-13(23)10-17(18(16)26)20(28)25-15-7-3-12(22)4-8-15/h1-10,26H,(H,24,27)(H,25,28). The van der Waals surface area contributed by atoms with Crippen molar-refractivity contribution in [3.63, 3.8) is 0 Å². The summed E-state index contributed by atoms with van der Waals surface area (Å²) in [6.07, 6.45) is 0. The van der Waals surface area contributed by atoms with Gasteiger partial charge in [0.05, 0.1) is 11.1 Å². The number of phenols is 1. The molecule has 0 aliphatic heterocycles. The van der Waals surface area contributed by atoms with E-state index < -0.39 is 17.6 Å². The average molecular weight is 569 g/mol. The number of carbonyl (C=O) groups is 2. The molecule has 3 N–H and O–H groups in total. The van der Waals surface area contributed by atoms with E-state index in [0.717, 1.165) is 8.95 Å². The Morgan fingerprint density at radius 3 is 1.36 bits per heavy atom. The van der Waals surface area contributed by atoms with Gasteiger partial charge in [0.25, 0.3) is 11.8 Å². The highest BCUT2D eigenvalue weighted by molar-refractivity contribution is 9.11. The number of amides is 2. The zero-order valence-electron chi connectivity index (χ0n) is 14.2. The van der Waals surface area contributed by atoms with Crippen molar-refractivity contribution in [3.8, 4) is 5.75 Å². The Kier molecular flexibility index (Phi) is 6.53. The highest BCUT2D eigenvalue weighted by Gasteiger charge is 2.20. The van der Waals surface area contributed by atoms with Gasteiger partial charge in [-0.1, -0.05) is 47.8 Å². The maximum absolute atomic E-state index is 12.6. The molecule has 3 rings (SSSR count). The summed E-state index contributed by atoms with van der Waals surface area (Å²) in [7, 11) is 0. The van der Waals surface area contributed by atoms with Gasteiger partial charge >= 0.3 is 0 Å². The minimum Gasteiger partial charge on any atom is -0.506 e. The summed E-state index contributed by atoms with van der Waals surface area (Å²) in [4.78, 5) is 25.2. The first-order chi connectivity index (χ1) is 13.3. The number of hydrogen-bond acceptors (Lipinski definition) is 3. The van der Waals surface area contributed by atoms with Crippen LogP contribution in [0.5, 0.6) is 5.75 Å². The summed E-state index contributed by atoms with van der Waals surface area (Å²) in [5.74, 6) is -1.45. The van der Waals surface area contributed by atoms with Crippen molar-refractivity contribution in [2.75, 3.05) is 10.6 Å². The van der Waals surface area contributed by atoms with E-state index in [2.05, 4.69) is 58.4 Å². The summed E-state index contributed by atoms with van der Waals surface area (Å²) in [5, 5.41) is 15.9. The fourth-order valence-corrected chi connectivity index (χ4v) is 3.40. The van der Waals surface area contributed by atoms with Gasteiger partial charge in [-0.25, -0.2) is 0 Å². The molecule has 0 aliphatic rings. The Labute approximate surface area is 186 Å². The van der Waals surface area contributed by atoms with Crippen LogP contribution in [0.25, 0.3) is 0 Å². The van der Waals surface area contributed by atoms with Crippen molar-refractivity contribution in [1.29, 1.82) is 0 Å². The van der Waals surface area contributed by atoms with E-state index in [1.165, 1.54) is 12.1 Å². The van der Waals surface area contributed by atoms with Crippen LogP contribution in [0.2, 0.25) is 0 Å². The third kappa shape index (κ3) is 5.01. The molecule has 0 atom stereocenters. The first-order valence-corrected chi connectivity index (χ1v) is 10.4. The van der Waals surface area contributed by atoms with Crippen molar-refractivity contribution in [1.82, 2.24) is 0 Å². The van der Waals surface area contributed by atoms with Gasteiger partial charge in [-0.2, -0.15) is 0 Å². The van der Waals surface area contributed by atoms with Gasteiger partial charge in [0.2, 0.25) is 0 Å². The summed E-state index contributed by atoms with van der Waals surface area (Å²) >= 11 is 9.95. The fourth-order valence-electron chi connectivity index (χ4n) is 2.41. The lowest BCUT2D eigenvalue weighted by atomic mass is 10.1. The molecule has 3 aromatic carbocycles. The molecule has 0 saturated carbocycles. The van der Waals surface area contributed by atoms with Gasteiger partial charge in [0, 0.05) is 24.8 Å². The van der Waals surface area contributed by atoms with Crippen LogP contribution in [0, 0.1) is 0 Å². The molecule has 0 radical (unpaired) electrons. The molecular weight excluding hydrogens is 556 g/mol. The highest BCUT2D eigenvalue weighted by Crippen LogP contribution is 2.29. The van der Waals surface area contributed by atoms with Crippen molar-refractivity contribution in [2.45, 2.75) is 0 Å². The Morgan fingerprint density at radius 2 is 1.00 bits per heavy atom. The van der Waals surface area contributed by atoms with E-state index in [0.29, 0.717) is 15.8 Å². The topological polar surface area (TPSA) is 78.4 Å². The van der Waals surface area contributed by atoms with Crippen LogP contribution < -0.4 is 10.6 Å². The van der Waals surface area contributed by atoms with Crippen molar-refractivity contribution in [3.05, 3.63) is 85.2 Å². The monoisotopic (exact) mass is 566 g/mol. The first kappa shape index (κ1) is 20.6.